The second-order valence-electron chi connectivity index (χ2n) is 5.69. The Kier molecular flexibility index (Phi) is 5.20. The van der Waals surface area contributed by atoms with Gasteiger partial charge in [-0.3, -0.25) is 4.79 Å². The summed E-state index contributed by atoms with van der Waals surface area (Å²) < 4.78 is 0.794. The van der Waals surface area contributed by atoms with E-state index in [1.807, 2.05) is 30.0 Å². The molecule has 1 amide bonds. The number of rotatable bonds is 6. The van der Waals surface area contributed by atoms with E-state index in [1.165, 1.54) is 28.7 Å². The smallest absolute Gasteiger partial charge is 0.240 e. The molecule has 24 heavy (non-hydrogen) atoms. The number of anilines is 2. The lowest BCUT2D eigenvalue weighted by Gasteiger charge is -2.25. The number of carbonyl (C=O) groups excluding carboxylic acids is 1. The first-order valence-electron chi connectivity index (χ1n) is 7.86. The van der Waals surface area contributed by atoms with Crippen LogP contribution < -0.4 is 10.2 Å². The summed E-state index contributed by atoms with van der Waals surface area (Å²) in [5, 5.41) is 11.9. The molecule has 1 N–H and O–H groups in total. The van der Waals surface area contributed by atoms with Gasteiger partial charge in [-0.2, -0.15) is 0 Å². The van der Waals surface area contributed by atoms with E-state index in [2.05, 4.69) is 35.1 Å². The maximum atomic E-state index is 12.9. The zero-order valence-electron chi connectivity index (χ0n) is 13.7. The molecule has 0 radical (unpaired) electrons. The third-order valence-electron chi connectivity index (χ3n) is 3.87. The first-order valence-corrected chi connectivity index (χ1v) is 9.55. The molecule has 1 aromatic heterocycles. The molecule has 0 spiro atoms. The highest BCUT2D eigenvalue weighted by molar-refractivity contribution is 8.02. The van der Waals surface area contributed by atoms with Crippen LogP contribution in [0.4, 0.5) is 10.8 Å². The standard InChI is InChI=1S/C17H20N4OS2/c1-4-9-18-16-19-20-17(24-16)23-12(3)15(22)21-11(2)10-13-7-5-6-8-14(13)21/h4-8,11-12H,1,9-10H2,2-3H3,(H,18,19). The maximum absolute atomic E-state index is 12.9. The van der Waals surface area contributed by atoms with Gasteiger partial charge in [-0.05, 0) is 31.9 Å². The quantitative estimate of drug-likeness (QED) is 0.630. The van der Waals surface area contributed by atoms with E-state index in [0.717, 1.165) is 21.6 Å². The first kappa shape index (κ1) is 17.0. The summed E-state index contributed by atoms with van der Waals surface area (Å²) in [4.78, 5) is 14.9. The van der Waals surface area contributed by atoms with Crippen LogP contribution in [0.2, 0.25) is 0 Å². The van der Waals surface area contributed by atoms with Crippen molar-refractivity contribution in [2.24, 2.45) is 0 Å². The van der Waals surface area contributed by atoms with Gasteiger partial charge in [0.05, 0.1) is 5.25 Å². The van der Waals surface area contributed by atoms with Crippen LogP contribution >= 0.6 is 23.1 Å². The fourth-order valence-electron chi connectivity index (χ4n) is 2.79. The minimum absolute atomic E-state index is 0.119. The number of benzene rings is 1. The average molecular weight is 361 g/mol. The predicted molar refractivity (Wildman–Crippen MR) is 101 cm³/mol. The second kappa shape index (κ2) is 7.36. The highest BCUT2D eigenvalue weighted by atomic mass is 32.2. The van der Waals surface area contributed by atoms with Gasteiger partial charge >= 0.3 is 0 Å². The zero-order chi connectivity index (χ0) is 17.1. The molecule has 2 unspecified atom stereocenters. The van der Waals surface area contributed by atoms with Crippen LogP contribution in [0.25, 0.3) is 0 Å². The van der Waals surface area contributed by atoms with Crippen LogP contribution in [-0.2, 0) is 11.2 Å². The van der Waals surface area contributed by atoms with Gasteiger partial charge in [-0.1, -0.05) is 47.4 Å². The van der Waals surface area contributed by atoms with Crippen molar-refractivity contribution in [3.8, 4) is 0 Å². The molecule has 0 aliphatic carbocycles. The Morgan fingerprint density at radius 2 is 2.33 bits per heavy atom. The van der Waals surface area contributed by atoms with E-state index in [1.54, 1.807) is 6.08 Å². The highest BCUT2D eigenvalue weighted by Gasteiger charge is 2.33. The molecule has 3 rings (SSSR count). The maximum Gasteiger partial charge on any atom is 0.240 e. The number of amides is 1. The van der Waals surface area contributed by atoms with E-state index in [9.17, 15) is 4.79 Å². The monoisotopic (exact) mass is 360 g/mol. The van der Waals surface area contributed by atoms with Crippen LogP contribution in [0.3, 0.4) is 0 Å². The summed E-state index contributed by atoms with van der Waals surface area (Å²) >= 11 is 2.92. The van der Waals surface area contributed by atoms with Crippen molar-refractivity contribution in [2.45, 2.75) is 35.9 Å². The molecule has 0 saturated carbocycles. The molecule has 2 heterocycles. The van der Waals surface area contributed by atoms with Crippen LogP contribution in [-0.4, -0.2) is 33.9 Å². The second-order valence-corrected chi connectivity index (χ2v) is 8.26. The SMILES string of the molecule is C=CCNc1nnc(SC(C)C(=O)N2c3ccccc3CC2C)s1. The topological polar surface area (TPSA) is 58.1 Å². The Hall–Kier alpha value is -1.86. The number of nitrogens with zero attached hydrogens (tertiary/aromatic N) is 3. The summed E-state index contributed by atoms with van der Waals surface area (Å²) in [7, 11) is 0. The van der Waals surface area contributed by atoms with Crippen molar-refractivity contribution in [1.29, 1.82) is 0 Å². The normalized spacial score (nSPS) is 17.4. The summed E-state index contributed by atoms with van der Waals surface area (Å²) in [6.45, 7) is 8.34. The number of aromatic nitrogens is 2. The Morgan fingerprint density at radius 1 is 1.54 bits per heavy atom. The van der Waals surface area contributed by atoms with Crippen LogP contribution in [0, 0.1) is 0 Å². The van der Waals surface area contributed by atoms with Crippen LogP contribution in [0.15, 0.2) is 41.3 Å². The number of carbonyl (C=O) groups is 1. The summed E-state index contributed by atoms with van der Waals surface area (Å²) in [5.41, 5.74) is 2.27. The third kappa shape index (κ3) is 3.47. The highest BCUT2D eigenvalue weighted by Crippen LogP contribution is 2.35. The van der Waals surface area contributed by atoms with Crippen molar-refractivity contribution in [3.05, 3.63) is 42.5 Å². The molecule has 7 heteroatoms. The molecule has 0 fully saturated rings. The van der Waals surface area contributed by atoms with Crippen molar-refractivity contribution >= 4 is 39.8 Å². The molecular formula is C17H20N4OS2. The minimum Gasteiger partial charge on any atom is -0.357 e. The molecule has 2 atom stereocenters. The van der Waals surface area contributed by atoms with E-state index < -0.39 is 0 Å². The van der Waals surface area contributed by atoms with Gasteiger partial charge in [-0.25, -0.2) is 0 Å². The fraction of sp³-hybridized carbons (Fsp3) is 0.353. The first-order chi connectivity index (χ1) is 11.6. The zero-order valence-corrected chi connectivity index (χ0v) is 15.4. The Morgan fingerprint density at radius 3 is 3.12 bits per heavy atom. The van der Waals surface area contributed by atoms with Gasteiger partial charge in [0.1, 0.15) is 0 Å². The number of hydrogen-bond acceptors (Lipinski definition) is 6. The van der Waals surface area contributed by atoms with Crippen LogP contribution in [0.5, 0.6) is 0 Å². The van der Waals surface area contributed by atoms with Crippen molar-refractivity contribution in [3.63, 3.8) is 0 Å². The number of nitrogens with one attached hydrogen (secondary N) is 1. The summed E-state index contributed by atoms with van der Waals surface area (Å²) in [6.07, 6.45) is 2.68. The lowest BCUT2D eigenvalue weighted by atomic mass is 10.1. The van der Waals surface area contributed by atoms with E-state index in [-0.39, 0.29) is 17.2 Å². The molecule has 0 saturated heterocycles. The van der Waals surface area contributed by atoms with Gasteiger partial charge in [0.15, 0.2) is 4.34 Å². The van der Waals surface area contributed by atoms with Crippen molar-refractivity contribution in [2.75, 3.05) is 16.8 Å². The number of fused-ring (bicyclic) bond motifs is 1. The van der Waals surface area contributed by atoms with Crippen molar-refractivity contribution in [1.82, 2.24) is 10.2 Å². The van der Waals surface area contributed by atoms with Crippen molar-refractivity contribution < 1.29 is 4.79 Å². The number of thioether (sulfide) groups is 1. The number of para-hydroxylation sites is 1. The molecule has 5 nitrogen and oxygen atoms in total. The molecule has 1 aliphatic heterocycles. The molecule has 126 valence electrons. The lowest BCUT2D eigenvalue weighted by Crippen LogP contribution is -2.40. The van der Waals surface area contributed by atoms with Crippen LogP contribution in [0.1, 0.15) is 19.4 Å². The van der Waals surface area contributed by atoms with Gasteiger partial charge in [-0.15, -0.1) is 16.8 Å². The molecule has 2 aromatic rings. The van der Waals surface area contributed by atoms with E-state index in [0.29, 0.717) is 6.54 Å². The molecule has 1 aromatic carbocycles. The summed E-state index contributed by atoms with van der Waals surface area (Å²) in [5.74, 6) is 0.119. The number of hydrogen-bond donors (Lipinski definition) is 1. The Bertz CT molecular complexity index is 746. The molecule has 0 bridgehead atoms. The fourth-order valence-corrected chi connectivity index (χ4v) is 4.74. The van der Waals surface area contributed by atoms with Gasteiger partial charge in [0, 0.05) is 18.3 Å². The molecular weight excluding hydrogens is 340 g/mol. The molecule has 1 aliphatic rings. The average Bonchev–Trinajstić information content (AvgIpc) is 3.15. The summed E-state index contributed by atoms with van der Waals surface area (Å²) in [6, 6.07) is 8.32. The van der Waals surface area contributed by atoms with Gasteiger partial charge in [0.25, 0.3) is 0 Å². The largest absolute Gasteiger partial charge is 0.357 e. The van der Waals surface area contributed by atoms with E-state index >= 15 is 0 Å². The van der Waals surface area contributed by atoms with E-state index in [4.69, 9.17) is 0 Å². The Balaban J connectivity index is 1.69. The van der Waals surface area contributed by atoms with Gasteiger partial charge < -0.3 is 10.2 Å². The lowest BCUT2D eigenvalue weighted by molar-refractivity contribution is -0.118. The van der Waals surface area contributed by atoms with Gasteiger partial charge in [0.2, 0.25) is 11.0 Å². The third-order valence-corrected chi connectivity index (χ3v) is 5.93. The predicted octanol–water partition coefficient (Wildman–Crippen LogP) is 3.59. The minimum atomic E-state index is -0.209. The Labute approximate surface area is 150 Å².